The van der Waals surface area contributed by atoms with E-state index in [9.17, 15) is 0 Å². The molecule has 0 N–H and O–H groups in total. The van der Waals surface area contributed by atoms with Gasteiger partial charge in [-0.3, -0.25) is 0 Å². The Balaban J connectivity index is 2.93. The molecule has 1 nitrogen and oxygen atoms in total. The number of benzene rings is 1. The smallest absolute Gasteiger partial charge is 0.152 e. The van der Waals surface area contributed by atoms with Crippen molar-refractivity contribution in [2.75, 3.05) is 0 Å². The highest BCUT2D eigenvalue weighted by atomic mass is 14.2. The highest BCUT2D eigenvalue weighted by Gasteiger charge is 1.84. The van der Waals surface area contributed by atoms with Crippen LogP contribution in [0.4, 0.5) is 0 Å². The molecule has 1 aromatic rings. The molecular weight excluding hydrogens is 134 g/mol. The lowest BCUT2D eigenvalue weighted by Crippen LogP contribution is -1.73. The molecule has 0 heterocycles. The Morgan fingerprint density at radius 3 is 2.36 bits per heavy atom. The summed E-state index contributed by atoms with van der Waals surface area (Å²) in [5.41, 5.74) is 2.09. The van der Waals surface area contributed by atoms with Crippen molar-refractivity contribution in [3.63, 3.8) is 0 Å². The van der Waals surface area contributed by atoms with Gasteiger partial charge in [-0.2, -0.15) is 5.26 Å². The topological polar surface area (TPSA) is 23.8 Å². The molecule has 0 aliphatic rings. The summed E-state index contributed by atoms with van der Waals surface area (Å²) in [5, 5.41) is 8.16. The summed E-state index contributed by atoms with van der Waals surface area (Å²) < 4.78 is 0. The SMILES string of the molecule is Cc1ccc(C#CC#N)cc1. The van der Waals surface area contributed by atoms with Crippen LogP contribution in [-0.4, -0.2) is 0 Å². The van der Waals surface area contributed by atoms with Crippen molar-refractivity contribution >= 4 is 0 Å². The van der Waals surface area contributed by atoms with Crippen LogP contribution < -0.4 is 0 Å². The Hall–Kier alpha value is -1.73. The number of nitrogens with zero attached hydrogens (tertiary/aromatic N) is 1. The zero-order valence-electron chi connectivity index (χ0n) is 6.26. The van der Waals surface area contributed by atoms with Crippen LogP contribution in [0.5, 0.6) is 0 Å². The number of nitriles is 1. The molecule has 0 unspecified atom stereocenters. The van der Waals surface area contributed by atoms with E-state index in [0.29, 0.717) is 0 Å². The van der Waals surface area contributed by atoms with E-state index in [1.54, 1.807) is 6.07 Å². The monoisotopic (exact) mass is 141 g/mol. The van der Waals surface area contributed by atoms with Crippen LogP contribution in [0.1, 0.15) is 11.1 Å². The molecule has 0 spiro atoms. The maximum Gasteiger partial charge on any atom is 0.152 e. The molecular formula is C10H7N. The largest absolute Gasteiger partial charge is 0.183 e. The molecule has 0 atom stereocenters. The van der Waals surface area contributed by atoms with Gasteiger partial charge in [0, 0.05) is 11.5 Å². The summed E-state index contributed by atoms with van der Waals surface area (Å²) >= 11 is 0. The first-order chi connectivity index (χ1) is 5.33. The normalized spacial score (nSPS) is 7.64. The molecule has 1 rings (SSSR count). The molecule has 0 amide bonds. The van der Waals surface area contributed by atoms with E-state index in [1.165, 1.54) is 5.56 Å². The second-order valence-electron chi connectivity index (χ2n) is 2.23. The predicted molar refractivity (Wildman–Crippen MR) is 43.7 cm³/mol. The van der Waals surface area contributed by atoms with E-state index < -0.39 is 0 Å². The second kappa shape index (κ2) is 3.44. The third-order valence-electron chi connectivity index (χ3n) is 1.31. The summed E-state index contributed by atoms with van der Waals surface area (Å²) in [6.45, 7) is 2.02. The Morgan fingerprint density at radius 1 is 1.18 bits per heavy atom. The number of hydrogen-bond donors (Lipinski definition) is 0. The van der Waals surface area contributed by atoms with Gasteiger partial charge in [-0.1, -0.05) is 23.6 Å². The van der Waals surface area contributed by atoms with Crippen molar-refractivity contribution in [3.05, 3.63) is 35.4 Å². The Morgan fingerprint density at radius 2 is 1.82 bits per heavy atom. The van der Waals surface area contributed by atoms with E-state index in [1.807, 2.05) is 31.2 Å². The van der Waals surface area contributed by atoms with Gasteiger partial charge in [0.15, 0.2) is 6.07 Å². The first kappa shape index (κ1) is 7.38. The number of hydrogen-bond acceptors (Lipinski definition) is 1. The average Bonchev–Trinajstić information content (AvgIpc) is 2.04. The van der Waals surface area contributed by atoms with Crippen LogP contribution in [0.3, 0.4) is 0 Å². The number of aryl methyl sites for hydroxylation is 1. The van der Waals surface area contributed by atoms with E-state index in [-0.39, 0.29) is 0 Å². The van der Waals surface area contributed by atoms with Crippen molar-refractivity contribution in [1.29, 1.82) is 5.26 Å². The van der Waals surface area contributed by atoms with Crippen LogP contribution in [0.2, 0.25) is 0 Å². The quantitative estimate of drug-likeness (QED) is 0.506. The van der Waals surface area contributed by atoms with Gasteiger partial charge in [-0.15, -0.1) is 0 Å². The fourth-order valence-corrected chi connectivity index (χ4v) is 0.737. The van der Waals surface area contributed by atoms with Crippen LogP contribution in [0.15, 0.2) is 24.3 Å². The molecule has 0 bridgehead atoms. The van der Waals surface area contributed by atoms with Gasteiger partial charge in [-0.25, -0.2) is 0 Å². The Labute approximate surface area is 66.3 Å². The molecule has 52 valence electrons. The predicted octanol–water partition coefficient (Wildman–Crippen LogP) is 1.87. The molecule has 0 radical (unpaired) electrons. The van der Waals surface area contributed by atoms with Crippen LogP contribution in [0.25, 0.3) is 0 Å². The highest BCUT2D eigenvalue weighted by Crippen LogP contribution is 2.00. The lowest BCUT2D eigenvalue weighted by molar-refractivity contribution is 1.46. The van der Waals surface area contributed by atoms with Gasteiger partial charge in [-0.05, 0) is 19.1 Å². The van der Waals surface area contributed by atoms with Crippen molar-refractivity contribution in [2.24, 2.45) is 0 Å². The minimum Gasteiger partial charge on any atom is -0.183 e. The third kappa shape index (κ3) is 2.16. The molecule has 0 aliphatic heterocycles. The van der Waals surface area contributed by atoms with E-state index in [2.05, 4.69) is 11.8 Å². The summed E-state index contributed by atoms with van der Waals surface area (Å²) in [4.78, 5) is 0. The maximum atomic E-state index is 8.16. The maximum absolute atomic E-state index is 8.16. The first-order valence-electron chi connectivity index (χ1n) is 3.29. The van der Waals surface area contributed by atoms with Crippen molar-refractivity contribution in [3.8, 4) is 17.9 Å². The third-order valence-corrected chi connectivity index (χ3v) is 1.31. The highest BCUT2D eigenvalue weighted by molar-refractivity contribution is 5.38. The van der Waals surface area contributed by atoms with Gasteiger partial charge in [0.2, 0.25) is 0 Å². The average molecular weight is 141 g/mol. The van der Waals surface area contributed by atoms with Gasteiger partial charge in [0.25, 0.3) is 0 Å². The molecule has 0 aromatic heterocycles. The van der Waals surface area contributed by atoms with E-state index in [0.717, 1.165) is 5.56 Å². The van der Waals surface area contributed by atoms with Crippen molar-refractivity contribution < 1.29 is 0 Å². The fourth-order valence-electron chi connectivity index (χ4n) is 0.737. The lowest BCUT2D eigenvalue weighted by Gasteiger charge is -1.89. The summed E-state index contributed by atoms with van der Waals surface area (Å²) in [5.74, 6) is 5.05. The Bertz CT molecular complexity index is 330. The zero-order valence-corrected chi connectivity index (χ0v) is 6.26. The minimum atomic E-state index is 0.886. The van der Waals surface area contributed by atoms with E-state index in [4.69, 9.17) is 5.26 Å². The molecule has 0 aliphatic carbocycles. The summed E-state index contributed by atoms with van der Waals surface area (Å²) in [6.07, 6.45) is 0. The molecule has 0 saturated carbocycles. The molecule has 11 heavy (non-hydrogen) atoms. The van der Waals surface area contributed by atoms with Crippen LogP contribution in [0, 0.1) is 30.1 Å². The number of rotatable bonds is 0. The molecule has 1 aromatic carbocycles. The fraction of sp³-hybridized carbons (Fsp3) is 0.100. The molecule has 0 saturated heterocycles. The molecule has 0 fully saturated rings. The van der Waals surface area contributed by atoms with Crippen LogP contribution >= 0.6 is 0 Å². The second-order valence-corrected chi connectivity index (χ2v) is 2.23. The van der Waals surface area contributed by atoms with Crippen molar-refractivity contribution in [2.45, 2.75) is 6.92 Å². The lowest BCUT2D eigenvalue weighted by atomic mass is 10.2. The zero-order chi connectivity index (χ0) is 8.10. The first-order valence-corrected chi connectivity index (χ1v) is 3.29. The standard InChI is InChI=1S/C10H7N/c1-9-4-6-10(7-5-9)3-2-8-11/h4-7H,1H3. The minimum absolute atomic E-state index is 0.886. The summed E-state index contributed by atoms with van der Waals surface area (Å²) in [7, 11) is 0. The van der Waals surface area contributed by atoms with Gasteiger partial charge in [0.05, 0.1) is 0 Å². The summed E-state index contributed by atoms with van der Waals surface area (Å²) in [6, 6.07) is 9.52. The molecule has 1 heteroatoms. The van der Waals surface area contributed by atoms with Crippen molar-refractivity contribution in [1.82, 2.24) is 0 Å². The van der Waals surface area contributed by atoms with Gasteiger partial charge in [0.1, 0.15) is 0 Å². The van der Waals surface area contributed by atoms with Gasteiger partial charge < -0.3 is 0 Å². The van der Waals surface area contributed by atoms with E-state index >= 15 is 0 Å². The van der Waals surface area contributed by atoms with Gasteiger partial charge >= 0.3 is 0 Å². The van der Waals surface area contributed by atoms with Crippen LogP contribution in [-0.2, 0) is 0 Å². The Kier molecular flexibility index (Phi) is 2.31.